The van der Waals surface area contributed by atoms with Gasteiger partial charge in [-0.3, -0.25) is 4.79 Å². The van der Waals surface area contributed by atoms with Gasteiger partial charge in [0, 0.05) is 18.5 Å². The minimum absolute atomic E-state index is 0.213. The SMILES string of the molecule is CCC(C)C(=O)N1CCCC1C. The Morgan fingerprint density at radius 1 is 1.67 bits per heavy atom. The van der Waals surface area contributed by atoms with E-state index in [1.165, 1.54) is 12.8 Å². The van der Waals surface area contributed by atoms with Gasteiger partial charge < -0.3 is 4.90 Å². The fraction of sp³-hybridized carbons (Fsp3) is 0.900. The van der Waals surface area contributed by atoms with Crippen molar-refractivity contribution < 1.29 is 4.79 Å². The molecule has 1 heterocycles. The summed E-state index contributed by atoms with van der Waals surface area (Å²) in [5, 5.41) is 0. The maximum absolute atomic E-state index is 11.7. The first kappa shape index (κ1) is 9.56. The zero-order valence-corrected chi connectivity index (χ0v) is 8.34. The molecule has 1 fully saturated rings. The van der Waals surface area contributed by atoms with Crippen molar-refractivity contribution in [1.29, 1.82) is 0 Å². The lowest BCUT2D eigenvalue weighted by Gasteiger charge is -2.24. The molecule has 1 saturated heterocycles. The van der Waals surface area contributed by atoms with Crippen LogP contribution in [0.1, 0.15) is 40.0 Å². The molecule has 0 N–H and O–H groups in total. The Labute approximate surface area is 74.9 Å². The maximum Gasteiger partial charge on any atom is 0.225 e. The van der Waals surface area contributed by atoms with E-state index in [0.717, 1.165) is 13.0 Å². The topological polar surface area (TPSA) is 20.3 Å². The van der Waals surface area contributed by atoms with Crippen molar-refractivity contribution in [3.63, 3.8) is 0 Å². The standard InChI is InChI=1S/C10H19NO/c1-4-8(2)10(12)11-7-5-6-9(11)3/h8-9H,4-7H2,1-3H3. The molecule has 0 bridgehead atoms. The van der Waals surface area contributed by atoms with E-state index in [-0.39, 0.29) is 5.92 Å². The number of likely N-dealkylation sites (tertiary alicyclic amines) is 1. The summed E-state index contributed by atoms with van der Waals surface area (Å²) in [6.07, 6.45) is 3.33. The Bertz CT molecular complexity index is 167. The lowest BCUT2D eigenvalue weighted by Crippen LogP contribution is -2.37. The molecule has 70 valence electrons. The zero-order valence-electron chi connectivity index (χ0n) is 8.34. The van der Waals surface area contributed by atoms with Gasteiger partial charge in [0.05, 0.1) is 0 Å². The van der Waals surface area contributed by atoms with E-state index < -0.39 is 0 Å². The van der Waals surface area contributed by atoms with Crippen molar-refractivity contribution in [2.75, 3.05) is 6.54 Å². The van der Waals surface area contributed by atoms with Crippen molar-refractivity contribution in [2.45, 2.75) is 46.1 Å². The molecule has 2 atom stereocenters. The first-order valence-corrected chi connectivity index (χ1v) is 4.97. The van der Waals surface area contributed by atoms with Gasteiger partial charge in [0.2, 0.25) is 5.91 Å². The van der Waals surface area contributed by atoms with Crippen LogP contribution in [0.15, 0.2) is 0 Å². The molecule has 1 aliphatic heterocycles. The van der Waals surface area contributed by atoms with E-state index in [9.17, 15) is 4.79 Å². The average Bonchev–Trinajstić information content (AvgIpc) is 2.48. The zero-order chi connectivity index (χ0) is 9.14. The van der Waals surface area contributed by atoms with Crippen LogP contribution in [-0.4, -0.2) is 23.4 Å². The first-order valence-electron chi connectivity index (χ1n) is 4.97. The molecule has 0 saturated carbocycles. The van der Waals surface area contributed by atoms with Gasteiger partial charge in [-0.1, -0.05) is 13.8 Å². The highest BCUT2D eigenvalue weighted by Gasteiger charge is 2.27. The lowest BCUT2D eigenvalue weighted by molar-refractivity contribution is -0.135. The Morgan fingerprint density at radius 3 is 2.75 bits per heavy atom. The summed E-state index contributed by atoms with van der Waals surface area (Å²) in [4.78, 5) is 13.7. The Kier molecular flexibility index (Phi) is 3.12. The van der Waals surface area contributed by atoms with Gasteiger partial charge in [-0.05, 0) is 26.2 Å². The van der Waals surface area contributed by atoms with Crippen molar-refractivity contribution in [3.05, 3.63) is 0 Å². The summed E-state index contributed by atoms with van der Waals surface area (Å²) in [5.74, 6) is 0.563. The third-order valence-electron chi connectivity index (χ3n) is 2.87. The second-order valence-electron chi connectivity index (χ2n) is 3.83. The maximum atomic E-state index is 11.7. The van der Waals surface area contributed by atoms with E-state index in [2.05, 4.69) is 13.8 Å². The summed E-state index contributed by atoms with van der Waals surface area (Å²) in [6, 6.07) is 0.478. The van der Waals surface area contributed by atoms with Crippen molar-refractivity contribution in [2.24, 2.45) is 5.92 Å². The number of amides is 1. The second-order valence-corrected chi connectivity index (χ2v) is 3.83. The van der Waals surface area contributed by atoms with E-state index in [0.29, 0.717) is 11.9 Å². The van der Waals surface area contributed by atoms with Crippen LogP contribution in [-0.2, 0) is 4.79 Å². The summed E-state index contributed by atoms with van der Waals surface area (Å²) in [6.45, 7) is 7.22. The third-order valence-corrected chi connectivity index (χ3v) is 2.87. The number of nitrogens with zero attached hydrogens (tertiary/aromatic N) is 1. The number of hydrogen-bond donors (Lipinski definition) is 0. The summed E-state index contributed by atoms with van der Waals surface area (Å²) >= 11 is 0. The smallest absolute Gasteiger partial charge is 0.225 e. The number of rotatable bonds is 2. The molecule has 1 amide bonds. The molecular formula is C10H19NO. The highest BCUT2D eigenvalue weighted by Crippen LogP contribution is 2.19. The Hall–Kier alpha value is -0.530. The molecule has 0 spiro atoms. The van der Waals surface area contributed by atoms with Crippen molar-refractivity contribution in [3.8, 4) is 0 Å². The van der Waals surface area contributed by atoms with E-state index >= 15 is 0 Å². The van der Waals surface area contributed by atoms with E-state index in [4.69, 9.17) is 0 Å². The van der Waals surface area contributed by atoms with Crippen LogP contribution in [0.3, 0.4) is 0 Å². The molecule has 12 heavy (non-hydrogen) atoms. The van der Waals surface area contributed by atoms with Crippen LogP contribution in [0.5, 0.6) is 0 Å². The van der Waals surface area contributed by atoms with Gasteiger partial charge in [0.1, 0.15) is 0 Å². The van der Waals surface area contributed by atoms with Gasteiger partial charge >= 0.3 is 0 Å². The Balaban J connectivity index is 2.51. The molecule has 1 rings (SSSR count). The molecule has 0 radical (unpaired) electrons. The predicted molar refractivity (Wildman–Crippen MR) is 49.9 cm³/mol. The van der Waals surface area contributed by atoms with Crippen LogP contribution in [0.25, 0.3) is 0 Å². The molecule has 0 aromatic rings. The number of carbonyl (C=O) groups excluding carboxylic acids is 1. The molecule has 2 unspecified atom stereocenters. The van der Waals surface area contributed by atoms with E-state index in [1.807, 2.05) is 11.8 Å². The molecular weight excluding hydrogens is 150 g/mol. The first-order chi connectivity index (χ1) is 5.66. The number of carbonyl (C=O) groups is 1. The molecule has 2 nitrogen and oxygen atoms in total. The van der Waals surface area contributed by atoms with Gasteiger partial charge in [0.25, 0.3) is 0 Å². The minimum atomic E-state index is 0.213. The minimum Gasteiger partial charge on any atom is -0.340 e. The van der Waals surface area contributed by atoms with Gasteiger partial charge in [-0.2, -0.15) is 0 Å². The van der Waals surface area contributed by atoms with Crippen LogP contribution in [0, 0.1) is 5.92 Å². The fourth-order valence-corrected chi connectivity index (χ4v) is 1.72. The predicted octanol–water partition coefficient (Wildman–Crippen LogP) is 2.04. The quantitative estimate of drug-likeness (QED) is 0.619. The molecule has 0 aromatic heterocycles. The van der Waals surface area contributed by atoms with Crippen LogP contribution < -0.4 is 0 Å². The largest absolute Gasteiger partial charge is 0.340 e. The van der Waals surface area contributed by atoms with Gasteiger partial charge in [-0.15, -0.1) is 0 Å². The third kappa shape index (κ3) is 1.79. The van der Waals surface area contributed by atoms with Crippen molar-refractivity contribution in [1.82, 2.24) is 4.90 Å². The second kappa shape index (κ2) is 3.92. The normalized spacial score (nSPS) is 25.9. The summed E-state index contributed by atoms with van der Waals surface area (Å²) < 4.78 is 0. The molecule has 2 heteroatoms. The fourth-order valence-electron chi connectivity index (χ4n) is 1.72. The molecule has 0 aliphatic carbocycles. The highest BCUT2D eigenvalue weighted by atomic mass is 16.2. The van der Waals surface area contributed by atoms with E-state index in [1.54, 1.807) is 0 Å². The van der Waals surface area contributed by atoms with Gasteiger partial charge in [-0.25, -0.2) is 0 Å². The monoisotopic (exact) mass is 169 g/mol. The summed E-state index contributed by atoms with van der Waals surface area (Å²) in [7, 11) is 0. The average molecular weight is 169 g/mol. The van der Waals surface area contributed by atoms with Crippen LogP contribution in [0.4, 0.5) is 0 Å². The molecule has 1 aliphatic rings. The number of hydrogen-bond acceptors (Lipinski definition) is 1. The van der Waals surface area contributed by atoms with Crippen LogP contribution in [0.2, 0.25) is 0 Å². The van der Waals surface area contributed by atoms with Gasteiger partial charge in [0.15, 0.2) is 0 Å². The molecule has 0 aromatic carbocycles. The van der Waals surface area contributed by atoms with Crippen molar-refractivity contribution >= 4 is 5.91 Å². The Morgan fingerprint density at radius 2 is 2.33 bits per heavy atom. The lowest BCUT2D eigenvalue weighted by atomic mass is 10.1. The highest BCUT2D eigenvalue weighted by molar-refractivity contribution is 5.78. The van der Waals surface area contributed by atoms with Crippen LogP contribution >= 0.6 is 0 Å². The summed E-state index contributed by atoms with van der Waals surface area (Å²) in [5.41, 5.74) is 0.